The quantitative estimate of drug-likeness (QED) is 0.179. The number of likely N-dealkylation sites (tertiary alicyclic amines) is 1. The van der Waals surface area contributed by atoms with Crippen molar-refractivity contribution in [2.45, 2.75) is 38.3 Å². The Bertz CT molecular complexity index is 1700. The van der Waals surface area contributed by atoms with Crippen molar-refractivity contribution in [2.24, 2.45) is 5.92 Å². The number of nitrogen functional groups attached to an aromatic ring is 1. The smallest absolute Gasteiger partial charge is 0.333 e. The maximum atomic E-state index is 14.0. The fourth-order valence-electron chi connectivity index (χ4n) is 5.62. The van der Waals surface area contributed by atoms with Gasteiger partial charge in [0, 0.05) is 32.5 Å². The summed E-state index contributed by atoms with van der Waals surface area (Å²) in [7, 11) is 0. The fourth-order valence-corrected chi connectivity index (χ4v) is 5.62. The minimum atomic E-state index is -0.419. The second-order valence-electron chi connectivity index (χ2n) is 10.5. The molecule has 2 aromatic carbocycles. The SMILES string of the molecule is N#CC(=CC(CCO)CCO)C(=O)N1CCC[C@H]1Cn1c(=O)n(-c2ccc(Oc3ccccc3)cc2)c2c(N)nccc21. The first-order valence-electron chi connectivity index (χ1n) is 14.3. The van der Waals surface area contributed by atoms with E-state index in [1.54, 1.807) is 52.1 Å². The Balaban J connectivity index is 1.45. The number of fused-ring (bicyclic) bond motifs is 1. The van der Waals surface area contributed by atoms with Crippen LogP contribution in [0, 0.1) is 17.2 Å². The number of amides is 1. The number of hydrogen-bond acceptors (Lipinski definition) is 8. The molecule has 43 heavy (non-hydrogen) atoms. The van der Waals surface area contributed by atoms with Crippen molar-refractivity contribution in [3.63, 3.8) is 0 Å². The van der Waals surface area contributed by atoms with Gasteiger partial charge in [0.2, 0.25) is 0 Å². The number of nitrogens with zero attached hydrogens (tertiary/aromatic N) is 5. The molecule has 0 aliphatic carbocycles. The molecule has 2 aromatic heterocycles. The molecule has 4 N–H and O–H groups in total. The number of benzene rings is 2. The van der Waals surface area contributed by atoms with E-state index in [9.17, 15) is 25.1 Å². The zero-order chi connectivity index (χ0) is 30.3. The van der Waals surface area contributed by atoms with E-state index in [-0.39, 0.29) is 48.8 Å². The van der Waals surface area contributed by atoms with Gasteiger partial charge in [-0.1, -0.05) is 24.3 Å². The minimum absolute atomic E-state index is 0.0279. The first kappa shape index (κ1) is 29.6. The van der Waals surface area contributed by atoms with E-state index in [1.165, 1.54) is 4.57 Å². The third-order valence-electron chi connectivity index (χ3n) is 7.73. The molecular weight excluding hydrogens is 548 g/mol. The molecule has 1 saturated heterocycles. The zero-order valence-corrected chi connectivity index (χ0v) is 23.7. The van der Waals surface area contributed by atoms with Crippen LogP contribution in [0.3, 0.4) is 0 Å². The van der Waals surface area contributed by atoms with E-state index in [0.29, 0.717) is 54.0 Å². The van der Waals surface area contributed by atoms with Gasteiger partial charge in [0.25, 0.3) is 5.91 Å². The Labute approximate surface area is 248 Å². The van der Waals surface area contributed by atoms with Gasteiger partial charge >= 0.3 is 5.69 Å². The molecule has 5 rings (SSSR count). The molecule has 0 unspecified atom stereocenters. The van der Waals surface area contributed by atoms with Crippen LogP contribution in [0.15, 0.2) is 83.3 Å². The van der Waals surface area contributed by atoms with Crippen molar-refractivity contribution in [3.8, 4) is 23.3 Å². The van der Waals surface area contributed by atoms with Gasteiger partial charge in [-0.05, 0) is 74.1 Å². The van der Waals surface area contributed by atoms with E-state index < -0.39 is 5.91 Å². The summed E-state index contributed by atoms with van der Waals surface area (Å²) in [5, 5.41) is 28.5. The molecule has 1 aliphatic rings. The highest BCUT2D eigenvalue weighted by Gasteiger charge is 2.32. The molecule has 1 amide bonds. The average Bonchev–Trinajstić information content (AvgIpc) is 3.60. The summed E-state index contributed by atoms with van der Waals surface area (Å²) < 4.78 is 9.02. The van der Waals surface area contributed by atoms with Crippen LogP contribution in [0.1, 0.15) is 25.7 Å². The van der Waals surface area contributed by atoms with Gasteiger partial charge in [0.15, 0.2) is 0 Å². The van der Waals surface area contributed by atoms with Crippen molar-refractivity contribution in [3.05, 3.63) is 89.0 Å². The van der Waals surface area contributed by atoms with E-state index >= 15 is 0 Å². The van der Waals surface area contributed by atoms with Crippen molar-refractivity contribution in [2.75, 3.05) is 25.5 Å². The Morgan fingerprint density at radius 3 is 2.47 bits per heavy atom. The number of carbonyl (C=O) groups excluding carboxylic acids is 1. The monoisotopic (exact) mass is 582 g/mol. The number of ether oxygens (including phenoxy) is 1. The molecule has 0 saturated carbocycles. The molecule has 0 radical (unpaired) electrons. The van der Waals surface area contributed by atoms with Gasteiger partial charge in [0.05, 0.1) is 17.2 Å². The van der Waals surface area contributed by atoms with Gasteiger partial charge in [-0.3, -0.25) is 13.9 Å². The van der Waals surface area contributed by atoms with Gasteiger partial charge in [-0.15, -0.1) is 0 Å². The van der Waals surface area contributed by atoms with Crippen LogP contribution < -0.4 is 16.2 Å². The topological polar surface area (TPSA) is 160 Å². The maximum absolute atomic E-state index is 14.0. The van der Waals surface area contributed by atoms with Crippen LogP contribution in [0.25, 0.3) is 16.7 Å². The number of aromatic nitrogens is 3. The van der Waals surface area contributed by atoms with E-state index in [2.05, 4.69) is 4.98 Å². The van der Waals surface area contributed by atoms with E-state index in [1.807, 2.05) is 36.4 Å². The summed E-state index contributed by atoms with van der Waals surface area (Å²) in [6, 6.07) is 19.9. The number of pyridine rings is 1. The van der Waals surface area contributed by atoms with Crippen LogP contribution in [-0.4, -0.2) is 60.9 Å². The van der Waals surface area contributed by atoms with Crippen molar-refractivity contribution < 1.29 is 19.7 Å². The van der Waals surface area contributed by atoms with Crippen LogP contribution in [0.5, 0.6) is 11.5 Å². The molecule has 1 fully saturated rings. The summed E-state index contributed by atoms with van der Waals surface area (Å²) in [4.78, 5) is 33.3. The number of nitrogens with two attached hydrogens (primary N) is 1. The van der Waals surface area contributed by atoms with Crippen LogP contribution in [0.2, 0.25) is 0 Å². The molecular formula is C32H34N6O5. The number of aliphatic hydroxyl groups excluding tert-OH is 2. The lowest BCUT2D eigenvalue weighted by molar-refractivity contribution is -0.127. The lowest BCUT2D eigenvalue weighted by Gasteiger charge is -2.25. The van der Waals surface area contributed by atoms with Crippen molar-refractivity contribution >= 4 is 22.8 Å². The van der Waals surface area contributed by atoms with Crippen molar-refractivity contribution in [1.82, 2.24) is 19.0 Å². The first-order chi connectivity index (χ1) is 20.9. The summed E-state index contributed by atoms with van der Waals surface area (Å²) in [6.07, 6.45) is 5.15. The predicted octanol–water partition coefficient (Wildman–Crippen LogP) is 3.38. The molecule has 1 aliphatic heterocycles. The highest BCUT2D eigenvalue weighted by molar-refractivity contribution is 5.97. The summed E-state index contributed by atoms with van der Waals surface area (Å²) >= 11 is 0. The van der Waals surface area contributed by atoms with Crippen molar-refractivity contribution in [1.29, 1.82) is 5.26 Å². The molecule has 0 bridgehead atoms. The Kier molecular flexibility index (Phi) is 9.20. The number of carbonyl (C=O) groups is 1. The normalized spacial score (nSPS) is 15.3. The maximum Gasteiger partial charge on any atom is 0.333 e. The number of rotatable bonds is 11. The summed E-state index contributed by atoms with van der Waals surface area (Å²) in [5.41, 5.74) is 7.58. The number of allylic oxidation sites excluding steroid dienone is 1. The highest BCUT2D eigenvalue weighted by Crippen LogP contribution is 2.28. The predicted molar refractivity (Wildman–Crippen MR) is 162 cm³/mol. The molecule has 222 valence electrons. The number of anilines is 1. The van der Waals surface area contributed by atoms with Gasteiger partial charge < -0.3 is 25.6 Å². The Morgan fingerprint density at radius 2 is 1.79 bits per heavy atom. The van der Waals surface area contributed by atoms with Crippen LogP contribution in [0.4, 0.5) is 5.82 Å². The van der Waals surface area contributed by atoms with E-state index in [0.717, 1.165) is 6.42 Å². The number of aliphatic hydroxyl groups is 2. The molecule has 11 nitrogen and oxygen atoms in total. The van der Waals surface area contributed by atoms with Gasteiger partial charge in [-0.25, -0.2) is 9.78 Å². The van der Waals surface area contributed by atoms with Gasteiger partial charge in [-0.2, -0.15) is 5.26 Å². The Morgan fingerprint density at radius 1 is 1.09 bits per heavy atom. The third-order valence-corrected chi connectivity index (χ3v) is 7.73. The summed E-state index contributed by atoms with van der Waals surface area (Å²) in [5.74, 6) is 0.790. The first-order valence-corrected chi connectivity index (χ1v) is 14.3. The number of para-hydroxylation sites is 1. The molecule has 3 heterocycles. The highest BCUT2D eigenvalue weighted by atomic mass is 16.5. The molecule has 4 aromatic rings. The summed E-state index contributed by atoms with van der Waals surface area (Å²) in [6.45, 7) is 0.428. The Hall–Kier alpha value is -4.92. The standard InChI is InChI=1S/C32H34N6O5/c33-20-23(19-22(13-17-39)14-18-40)31(41)36-16-4-5-25(36)21-37-28-12-15-35-30(34)29(28)38(32(37)42)24-8-10-27(11-9-24)43-26-6-2-1-3-7-26/h1-3,6-12,15,19,22,25,39-40H,4-5,13-14,16-18,21H2,(H2,34,35)/t25-/m0/s1. The fraction of sp³-hybridized carbons (Fsp3) is 0.312. The number of nitriles is 1. The average molecular weight is 583 g/mol. The molecule has 11 heteroatoms. The minimum Gasteiger partial charge on any atom is -0.457 e. The number of imidazole rings is 1. The van der Waals surface area contributed by atoms with Gasteiger partial charge in [0.1, 0.15) is 34.5 Å². The lowest BCUT2D eigenvalue weighted by atomic mass is 9.98. The molecule has 0 spiro atoms. The van der Waals surface area contributed by atoms with Crippen LogP contribution >= 0.6 is 0 Å². The van der Waals surface area contributed by atoms with E-state index in [4.69, 9.17) is 10.5 Å². The zero-order valence-electron chi connectivity index (χ0n) is 23.7. The second kappa shape index (κ2) is 13.4. The lowest BCUT2D eigenvalue weighted by Crippen LogP contribution is -2.40. The third kappa shape index (κ3) is 6.30. The van der Waals surface area contributed by atoms with Crippen LogP contribution in [-0.2, 0) is 11.3 Å². The number of hydrogen-bond donors (Lipinski definition) is 3. The largest absolute Gasteiger partial charge is 0.457 e. The second-order valence-corrected chi connectivity index (χ2v) is 10.5. The molecule has 1 atom stereocenters.